The molecule has 2 unspecified atom stereocenters. The van der Waals surface area contributed by atoms with E-state index in [1.54, 1.807) is 0 Å². The molecule has 0 spiro atoms. The second-order valence-corrected chi connectivity index (χ2v) is 3.90. The van der Waals surface area contributed by atoms with Crippen molar-refractivity contribution in [1.29, 1.82) is 0 Å². The minimum atomic E-state index is -0.235. The number of carbonyl (C=O) groups is 1. The molecule has 13 heavy (non-hydrogen) atoms. The quantitative estimate of drug-likeness (QED) is 0.707. The van der Waals surface area contributed by atoms with Gasteiger partial charge in [0.05, 0.1) is 12.6 Å². The van der Waals surface area contributed by atoms with Gasteiger partial charge in [-0.3, -0.25) is 9.69 Å². The first-order chi connectivity index (χ1) is 6.13. The third kappa shape index (κ3) is 3.08. The van der Waals surface area contributed by atoms with Crippen molar-refractivity contribution in [3.8, 4) is 0 Å². The van der Waals surface area contributed by atoms with Gasteiger partial charge in [-0.2, -0.15) is 0 Å². The van der Waals surface area contributed by atoms with E-state index >= 15 is 0 Å². The van der Waals surface area contributed by atoms with E-state index in [0.717, 1.165) is 12.8 Å². The lowest BCUT2D eigenvalue weighted by atomic mass is 10.0. The Morgan fingerprint density at radius 2 is 2.23 bits per heavy atom. The number of aliphatic hydroxyl groups is 1. The number of β-amino-alcohol motifs (C(OH)–C–C–N with tert-alkyl or cyclic N) is 1. The fourth-order valence-corrected chi connectivity index (χ4v) is 1.72. The molecule has 1 N–H and O–H groups in total. The van der Waals surface area contributed by atoms with E-state index in [-0.39, 0.29) is 11.9 Å². The maximum absolute atomic E-state index is 11.2. The Hall–Kier alpha value is -0.410. The van der Waals surface area contributed by atoms with E-state index in [1.165, 1.54) is 0 Å². The molecule has 76 valence electrons. The summed E-state index contributed by atoms with van der Waals surface area (Å²) in [7, 11) is 0. The summed E-state index contributed by atoms with van der Waals surface area (Å²) in [6.45, 7) is 5.17. The van der Waals surface area contributed by atoms with E-state index in [4.69, 9.17) is 0 Å². The molecule has 1 aliphatic rings. The van der Waals surface area contributed by atoms with Crippen LogP contribution in [0.15, 0.2) is 0 Å². The number of Topliss-reactive ketones (excluding diaryl/α,β-unsaturated/α-hetero) is 1. The monoisotopic (exact) mass is 185 g/mol. The van der Waals surface area contributed by atoms with Crippen LogP contribution < -0.4 is 0 Å². The summed E-state index contributed by atoms with van der Waals surface area (Å²) in [6.07, 6.45) is 2.23. The number of rotatable bonds is 3. The van der Waals surface area contributed by atoms with Crippen molar-refractivity contribution in [2.24, 2.45) is 0 Å². The number of piperidine rings is 1. The Morgan fingerprint density at radius 3 is 2.85 bits per heavy atom. The van der Waals surface area contributed by atoms with Crippen molar-refractivity contribution in [2.45, 2.75) is 45.3 Å². The van der Waals surface area contributed by atoms with Crippen LogP contribution in [0.1, 0.15) is 33.1 Å². The molecule has 3 heteroatoms. The van der Waals surface area contributed by atoms with Gasteiger partial charge in [-0.15, -0.1) is 0 Å². The number of hydrogen-bond acceptors (Lipinski definition) is 3. The number of likely N-dealkylation sites (tertiary alicyclic amines) is 1. The lowest BCUT2D eigenvalue weighted by Gasteiger charge is -2.35. The average molecular weight is 185 g/mol. The summed E-state index contributed by atoms with van der Waals surface area (Å²) < 4.78 is 0. The first-order valence-electron chi connectivity index (χ1n) is 5.07. The zero-order valence-corrected chi connectivity index (χ0v) is 8.49. The van der Waals surface area contributed by atoms with Gasteiger partial charge in [0.25, 0.3) is 0 Å². The summed E-state index contributed by atoms with van der Waals surface area (Å²) >= 11 is 0. The maximum Gasteiger partial charge on any atom is 0.146 e. The summed E-state index contributed by atoms with van der Waals surface area (Å²) in [6, 6.07) is 0.443. The third-order valence-electron chi connectivity index (χ3n) is 2.76. The Labute approximate surface area is 79.7 Å². The van der Waals surface area contributed by atoms with Gasteiger partial charge >= 0.3 is 0 Å². The first-order valence-corrected chi connectivity index (χ1v) is 5.07. The molecule has 1 heterocycles. The van der Waals surface area contributed by atoms with Crippen LogP contribution in [0, 0.1) is 0 Å². The Morgan fingerprint density at radius 1 is 1.54 bits per heavy atom. The molecule has 0 aromatic rings. The van der Waals surface area contributed by atoms with Gasteiger partial charge in [-0.1, -0.05) is 6.92 Å². The van der Waals surface area contributed by atoms with Crippen molar-refractivity contribution in [3.05, 3.63) is 0 Å². The number of aliphatic hydroxyl groups excluding tert-OH is 1. The second-order valence-electron chi connectivity index (χ2n) is 3.90. The predicted octanol–water partition coefficient (Wildman–Crippen LogP) is 0.811. The zero-order chi connectivity index (χ0) is 9.84. The number of ketones is 1. The highest BCUT2D eigenvalue weighted by Gasteiger charge is 2.24. The van der Waals surface area contributed by atoms with Crippen LogP contribution in [0.5, 0.6) is 0 Å². The van der Waals surface area contributed by atoms with Crippen LogP contribution in [0.2, 0.25) is 0 Å². The molecule has 0 amide bonds. The zero-order valence-electron chi connectivity index (χ0n) is 8.49. The van der Waals surface area contributed by atoms with Crippen molar-refractivity contribution in [1.82, 2.24) is 4.90 Å². The van der Waals surface area contributed by atoms with Crippen molar-refractivity contribution >= 4 is 5.78 Å². The van der Waals surface area contributed by atoms with E-state index in [2.05, 4.69) is 11.8 Å². The van der Waals surface area contributed by atoms with Gasteiger partial charge in [0.2, 0.25) is 0 Å². The van der Waals surface area contributed by atoms with E-state index < -0.39 is 0 Å². The fraction of sp³-hybridized carbons (Fsp3) is 0.900. The molecule has 0 aromatic heterocycles. The van der Waals surface area contributed by atoms with Crippen molar-refractivity contribution in [2.75, 3.05) is 13.1 Å². The van der Waals surface area contributed by atoms with E-state index in [9.17, 15) is 9.90 Å². The van der Waals surface area contributed by atoms with Crippen LogP contribution in [0.4, 0.5) is 0 Å². The molecule has 1 saturated heterocycles. The lowest BCUT2D eigenvalue weighted by Crippen LogP contribution is -2.46. The molecular formula is C10H19NO2. The maximum atomic E-state index is 11.2. The lowest BCUT2D eigenvalue weighted by molar-refractivity contribution is -0.121. The smallest absolute Gasteiger partial charge is 0.146 e. The molecule has 2 atom stereocenters. The van der Waals surface area contributed by atoms with Gasteiger partial charge in [0.15, 0.2) is 0 Å². The molecular weight excluding hydrogens is 166 g/mol. The molecule has 0 aromatic carbocycles. The van der Waals surface area contributed by atoms with Crippen LogP contribution >= 0.6 is 0 Å². The SMILES string of the molecule is CCC(=O)CN1CC(O)CCC1C. The van der Waals surface area contributed by atoms with Gasteiger partial charge < -0.3 is 5.11 Å². The minimum absolute atomic E-state index is 0.235. The van der Waals surface area contributed by atoms with Gasteiger partial charge in [0, 0.05) is 19.0 Å². The summed E-state index contributed by atoms with van der Waals surface area (Å²) in [5.41, 5.74) is 0. The number of carbonyl (C=O) groups excluding carboxylic acids is 1. The Balaban J connectivity index is 2.41. The van der Waals surface area contributed by atoms with Crippen molar-refractivity contribution < 1.29 is 9.90 Å². The summed E-state index contributed by atoms with van der Waals surface area (Å²) in [4.78, 5) is 13.3. The largest absolute Gasteiger partial charge is 0.392 e. The highest BCUT2D eigenvalue weighted by Crippen LogP contribution is 2.16. The van der Waals surface area contributed by atoms with E-state index in [1.807, 2.05) is 6.92 Å². The molecule has 0 saturated carbocycles. The van der Waals surface area contributed by atoms with Crippen LogP contribution in [0.3, 0.4) is 0 Å². The topological polar surface area (TPSA) is 40.5 Å². The fourth-order valence-electron chi connectivity index (χ4n) is 1.72. The summed E-state index contributed by atoms with van der Waals surface area (Å²) in [5.74, 6) is 0.265. The molecule has 3 nitrogen and oxygen atoms in total. The van der Waals surface area contributed by atoms with Crippen molar-refractivity contribution in [3.63, 3.8) is 0 Å². The van der Waals surface area contributed by atoms with Crippen LogP contribution in [0.25, 0.3) is 0 Å². The van der Waals surface area contributed by atoms with Gasteiger partial charge in [0.1, 0.15) is 5.78 Å². The van der Waals surface area contributed by atoms with Gasteiger partial charge in [-0.25, -0.2) is 0 Å². The van der Waals surface area contributed by atoms with Crippen LogP contribution in [-0.4, -0.2) is 41.0 Å². The van der Waals surface area contributed by atoms with E-state index in [0.29, 0.717) is 25.6 Å². The molecule has 1 rings (SSSR count). The Kier molecular flexibility index (Phi) is 3.88. The molecule has 0 aliphatic carbocycles. The first kappa shape index (κ1) is 10.7. The molecule has 1 fully saturated rings. The number of hydrogen-bond donors (Lipinski definition) is 1. The highest BCUT2D eigenvalue weighted by molar-refractivity contribution is 5.80. The summed E-state index contributed by atoms with van der Waals surface area (Å²) in [5, 5.41) is 9.43. The standard InChI is InChI=1S/C10H19NO2/c1-3-9(12)6-11-7-10(13)5-4-8(11)2/h8,10,13H,3-7H2,1-2H3. The number of nitrogens with zero attached hydrogens (tertiary/aromatic N) is 1. The predicted molar refractivity (Wildman–Crippen MR) is 51.6 cm³/mol. The molecule has 1 aliphatic heterocycles. The normalized spacial score (nSPS) is 30.4. The average Bonchev–Trinajstić information content (AvgIpc) is 2.11. The Bertz CT molecular complexity index is 182. The third-order valence-corrected chi connectivity index (χ3v) is 2.76. The highest BCUT2D eigenvalue weighted by atomic mass is 16.3. The molecule has 0 bridgehead atoms. The molecule has 0 radical (unpaired) electrons. The van der Waals surface area contributed by atoms with Crippen LogP contribution in [-0.2, 0) is 4.79 Å². The second kappa shape index (κ2) is 4.72. The minimum Gasteiger partial charge on any atom is -0.392 e. The van der Waals surface area contributed by atoms with Gasteiger partial charge in [-0.05, 0) is 19.8 Å².